The highest BCUT2D eigenvalue weighted by molar-refractivity contribution is 5.82. The van der Waals surface area contributed by atoms with E-state index >= 15 is 0 Å². The zero-order valence-corrected chi connectivity index (χ0v) is 31.9. The number of carbonyl (C=O) groups is 3. The predicted octanol–water partition coefficient (Wildman–Crippen LogP) is 4.92. The van der Waals surface area contributed by atoms with E-state index in [4.69, 9.17) is 10.2 Å². The molecule has 0 saturated heterocycles. The van der Waals surface area contributed by atoms with Crippen LogP contribution in [0.2, 0.25) is 0 Å². The van der Waals surface area contributed by atoms with Gasteiger partial charge in [-0.2, -0.15) is 10.2 Å². The van der Waals surface area contributed by atoms with Gasteiger partial charge in [0.2, 0.25) is 17.7 Å². The molecule has 0 bridgehead atoms. The number of aliphatic hydroxyl groups is 1. The van der Waals surface area contributed by atoms with Gasteiger partial charge in [-0.05, 0) is 109 Å². The first-order valence-electron chi connectivity index (χ1n) is 20.7. The molecule has 7 atom stereocenters. The number of azo groups is 1. The average molecular weight is 702 g/mol. The lowest BCUT2D eigenvalue weighted by Crippen LogP contribution is -2.54. The van der Waals surface area contributed by atoms with Gasteiger partial charge in [-0.25, -0.2) is 0 Å². The maximum Gasteiger partial charge on any atom is 0.226 e. The molecule has 286 valence electrons. The second kappa shape index (κ2) is 21.4. The minimum atomic E-state index is -0.875. The van der Waals surface area contributed by atoms with Gasteiger partial charge in [0.05, 0.1) is 18.1 Å². The van der Waals surface area contributed by atoms with E-state index in [9.17, 15) is 19.5 Å². The van der Waals surface area contributed by atoms with Crippen LogP contribution < -0.4 is 16.0 Å². The molecule has 0 aliphatic heterocycles. The maximum absolute atomic E-state index is 13.6. The van der Waals surface area contributed by atoms with E-state index in [1.165, 1.54) is 6.42 Å². The fourth-order valence-corrected chi connectivity index (χ4v) is 9.29. The number of hydrogen-bond donors (Lipinski definition) is 4. The van der Waals surface area contributed by atoms with E-state index in [0.717, 1.165) is 103 Å². The standard InChI is InChI=1S/C39H71N7O4/c1-5-45(6-2)22-14-20-40-37(48)29-24-30(38(49)41-21-15-23-46(7-3)8-4)26-32(25-29)43-44-35-33-19-13-12-16-28(33)27-34(36(35)47)39(50)42-31-17-10-9-11-18-31/h28-36,47H,5-27H2,1-4H3,(H,40,48)(H,41,49)(H,42,50). The van der Waals surface area contributed by atoms with E-state index in [2.05, 4.69) is 53.4 Å². The molecule has 50 heavy (non-hydrogen) atoms. The third kappa shape index (κ3) is 12.0. The largest absolute Gasteiger partial charge is 0.390 e. The van der Waals surface area contributed by atoms with E-state index < -0.39 is 18.1 Å². The summed E-state index contributed by atoms with van der Waals surface area (Å²) in [6, 6.07) is -0.513. The Hall–Kier alpha value is -2.11. The van der Waals surface area contributed by atoms with Crippen molar-refractivity contribution >= 4 is 17.7 Å². The van der Waals surface area contributed by atoms with Crippen LogP contribution in [0.25, 0.3) is 0 Å². The second-order valence-electron chi connectivity index (χ2n) is 15.7. The summed E-state index contributed by atoms with van der Waals surface area (Å²) in [5.41, 5.74) is 0. The number of nitrogens with zero attached hydrogens (tertiary/aromatic N) is 4. The number of nitrogens with one attached hydrogen (secondary N) is 3. The van der Waals surface area contributed by atoms with Crippen molar-refractivity contribution in [3.05, 3.63) is 0 Å². The fourth-order valence-electron chi connectivity index (χ4n) is 9.29. The molecule has 4 N–H and O–H groups in total. The van der Waals surface area contributed by atoms with Crippen LogP contribution >= 0.6 is 0 Å². The second-order valence-corrected chi connectivity index (χ2v) is 15.7. The van der Waals surface area contributed by atoms with Gasteiger partial charge in [-0.1, -0.05) is 66.2 Å². The van der Waals surface area contributed by atoms with E-state index in [1.54, 1.807) is 0 Å². The highest BCUT2D eigenvalue weighted by Gasteiger charge is 2.48. The first-order chi connectivity index (χ1) is 24.3. The van der Waals surface area contributed by atoms with Gasteiger partial charge in [0.15, 0.2) is 0 Å². The summed E-state index contributed by atoms with van der Waals surface area (Å²) in [6.07, 6.45) is 13.1. The van der Waals surface area contributed by atoms with Crippen molar-refractivity contribution in [1.82, 2.24) is 25.8 Å². The van der Waals surface area contributed by atoms with E-state index in [1.807, 2.05) is 0 Å². The van der Waals surface area contributed by atoms with Crippen molar-refractivity contribution in [3.8, 4) is 0 Å². The van der Waals surface area contributed by atoms with Gasteiger partial charge in [0, 0.05) is 31.0 Å². The molecule has 0 aromatic heterocycles. The molecule has 4 rings (SSSR count). The molecule has 0 aromatic rings. The van der Waals surface area contributed by atoms with Crippen molar-refractivity contribution in [2.24, 2.45) is 39.8 Å². The van der Waals surface area contributed by atoms with Crippen LogP contribution in [0.5, 0.6) is 0 Å². The number of fused-ring (bicyclic) bond motifs is 1. The van der Waals surface area contributed by atoms with Crippen LogP contribution in [-0.2, 0) is 14.4 Å². The van der Waals surface area contributed by atoms with Crippen LogP contribution in [0.15, 0.2) is 10.2 Å². The zero-order valence-electron chi connectivity index (χ0n) is 31.9. The molecule has 0 heterocycles. The molecule has 11 heteroatoms. The minimum Gasteiger partial charge on any atom is -0.390 e. The Kier molecular flexibility index (Phi) is 17.4. The van der Waals surface area contributed by atoms with Crippen molar-refractivity contribution in [1.29, 1.82) is 0 Å². The highest BCUT2D eigenvalue weighted by Crippen LogP contribution is 2.45. The predicted molar refractivity (Wildman–Crippen MR) is 199 cm³/mol. The first-order valence-corrected chi connectivity index (χ1v) is 20.7. The SMILES string of the molecule is CCN(CC)CCCNC(=O)C1CC(N=NC2C(O)C(C(=O)NC3CCCCC3)CC3CCCCC32)CC(C(=O)NCCCN(CC)CC)C1. The maximum atomic E-state index is 13.6. The van der Waals surface area contributed by atoms with Crippen LogP contribution in [0, 0.1) is 29.6 Å². The quantitative estimate of drug-likeness (QED) is 0.118. The average Bonchev–Trinajstić information content (AvgIpc) is 3.14. The lowest BCUT2D eigenvalue weighted by Gasteiger charge is -2.45. The normalized spacial score (nSPS) is 30.7. The van der Waals surface area contributed by atoms with Crippen molar-refractivity contribution in [3.63, 3.8) is 0 Å². The molecule has 11 nitrogen and oxygen atoms in total. The molecule has 4 fully saturated rings. The van der Waals surface area contributed by atoms with Crippen LogP contribution in [0.1, 0.15) is 124 Å². The van der Waals surface area contributed by atoms with Crippen LogP contribution in [0.4, 0.5) is 0 Å². The van der Waals surface area contributed by atoms with Gasteiger partial charge >= 0.3 is 0 Å². The zero-order chi connectivity index (χ0) is 35.9. The van der Waals surface area contributed by atoms with Crippen LogP contribution in [-0.4, -0.2) is 109 Å². The molecule has 0 radical (unpaired) electrons. The van der Waals surface area contributed by atoms with Gasteiger partial charge < -0.3 is 30.9 Å². The number of hydrogen-bond acceptors (Lipinski definition) is 8. The molecule has 0 spiro atoms. The summed E-state index contributed by atoms with van der Waals surface area (Å²) >= 11 is 0. The Balaban J connectivity index is 1.43. The third-order valence-electron chi connectivity index (χ3n) is 12.5. The number of carbonyl (C=O) groups excluding carboxylic acids is 3. The van der Waals surface area contributed by atoms with Gasteiger partial charge in [0.1, 0.15) is 6.04 Å². The lowest BCUT2D eigenvalue weighted by molar-refractivity contribution is -0.135. The topological polar surface area (TPSA) is 139 Å². The minimum absolute atomic E-state index is 0.00623. The van der Waals surface area contributed by atoms with Gasteiger partial charge in [-0.3, -0.25) is 14.4 Å². The Labute approximate surface area is 302 Å². The van der Waals surface area contributed by atoms with Gasteiger partial charge in [0.25, 0.3) is 0 Å². The molecule has 4 aliphatic carbocycles. The molecular formula is C39H71N7O4. The smallest absolute Gasteiger partial charge is 0.226 e. The summed E-state index contributed by atoms with van der Waals surface area (Å²) in [6.45, 7) is 15.7. The number of aliphatic hydroxyl groups excluding tert-OH is 1. The summed E-state index contributed by atoms with van der Waals surface area (Å²) in [5, 5.41) is 31.1. The Morgan fingerprint density at radius 3 is 1.76 bits per heavy atom. The Bertz CT molecular complexity index is 1020. The van der Waals surface area contributed by atoms with E-state index in [-0.39, 0.29) is 47.6 Å². The summed E-state index contributed by atoms with van der Waals surface area (Å²) in [7, 11) is 0. The first kappa shape index (κ1) is 40.7. The monoisotopic (exact) mass is 702 g/mol. The van der Waals surface area contributed by atoms with Crippen LogP contribution in [0.3, 0.4) is 0 Å². The number of rotatable bonds is 18. The molecule has 0 aromatic carbocycles. The Morgan fingerprint density at radius 2 is 1.20 bits per heavy atom. The highest BCUT2D eigenvalue weighted by atomic mass is 16.3. The molecule has 4 saturated carbocycles. The fraction of sp³-hybridized carbons (Fsp3) is 0.923. The van der Waals surface area contributed by atoms with Crippen molar-refractivity contribution in [2.75, 3.05) is 52.4 Å². The lowest BCUT2D eigenvalue weighted by atomic mass is 9.64. The molecule has 3 amide bonds. The number of amides is 3. The summed E-state index contributed by atoms with van der Waals surface area (Å²) in [5.74, 6) is -0.589. The Morgan fingerprint density at radius 1 is 0.660 bits per heavy atom. The molecule has 4 aliphatic rings. The summed E-state index contributed by atoms with van der Waals surface area (Å²) < 4.78 is 0. The van der Waals surface area contributed by atoms with E-state index in [0.29, 0.717) is 44.7 Å². The van der Waals surface area contributed by atoms with Gasteiger partial charge in [-0.15, -0.1) is 0 Å². The summed E-state index contributed by atoms with van der Waals surface area (Å²) in [4.78, 5) is 45.3. The third-order valence-corrected chi connectivity index (χ3v) is 12.5. The van der Waals surface area contributed by atoms with Crippen molar-refractivity contribution in [2.45, 2.75) is 148 Å². The van der Waals surface area contributed by atoms with Crippen molar-refractivity contribution < 1.29 is 19.5 Å². The molecule has 7 unspecified atom stereocenters. The molecular weight excluding hydrogens is 630 g/mol.